The Balaban J connectivity index is 2.42. The number of amides is 2. The Morgan fingerprint density at radius 2 is 2.12 bits per heavy atom. The summed E-state index contributed by atoms with van der Waals surface area (Å²) < 4.78 is 0. The van der Waals surface area contributed by atoms with Crippen molar-refractivity contribution in [1.29, 1.82) is 0 Å². The van der Waals surface area contributed by atoms with Gasteiger partial charge in [-0.2, -0.15) is 0 Å². The summed E-state index contributed by atoms with van der Waals surface area (Å²) >= 11 is 0. The third kappa shape index (κ3) is 1.96. The van der Waals surface area contributed by atoms with Crippen LogP contribution in [0.4, 0.5) is 5.69 Å². The molecule has 0 unspecified atom stereocenters. The van der Waals surface area contributed by atoms with Crippen molar-refractivity contribution in [2.24, 2.45) is 5.73 Å². The molecule has 0 aromatic heterocycles. The van der Waals surface area contributed by atoms with Crippen LogP contribution in [0.5, 0.6) is 0 Å². The van der Waals surface area contributed by atoms with Crippen LogP contribution in [0.25, 0.3) is 0 Å². The number of benzene rings is 1. The number of carboxylic acid groups (broad SMARTS) is 1. The van der Waals surface area contributed by atoms with Crippen LogP contribution in [0.3, 0.4) is 0 Å². The standard InChI is InChI=1S/C11H10N2O4/c12-9(14)5-13-8-3-7(11(16)17)2-1-6(8)4-10(13)15/h1-3H,4-5H2,(H2,12,14)(H,16,17). The van der Waals surface area contributed by atoms with Crippen molar-refractivity contribution in [3.8, 4) is 0 Å². The Kier molecular flexibility index (Phi) is 2.55. The average molecular weight is 234 g/mol. The summed E-state index contributed by atoms with van der Waals surface area (Å²) in [5.41, 5.74) is 6.28. The number of carbonyl (C=O) groups excluding carboxylic acids is 2. The number of hydrogen-bond acceptors (Lipinski definition) is 3. The minimum atomic E-state index is -1.08. The van der Waals surface area contributed by atoms with Gasteiger partial charge in [0.05, 0.1) is 12.0 Å². The van der Waals surface area contributed by atoms with Crippen LogP contribution in [0, 0.1) is 0 Å². The highest BCUT2D eigenvalue weighted by Gasteiger charge is 2.28. The lowest BCUT2D eigenvalue weighted by atomic mass is 10.1. The van der Waals surface area contributed by atoms with Crippen molar-refractivity contribution >= 4 is 23.5 Å². The average Bonchev–Trinajstić information content (AvgIpc) is 2.54. The van der Waals surface area contributed by atoms with E-state index in [1.807, 2.05) is 0 Å². The molecule has 1 aliphatic rings. The van der Waals surface area contributed by atoms with Crippen LogP contribution in [0.15, 0.2) is 18.2 Å². The van der Waals surface area contributed by atoms with Crippen molar-refractivity contribution in [2.75, 3.05) is 11.4 Å². The van der Waals surface area contributed by atoms with Crippen molar-refractivity contribution in [1.82, 2.24) is 0 Å². The van der Waals surface area contributed by atoms with Crippen LogP contribution in [0.1, 0.15) is 15.9 Å². The van der Waals surface area contributed by atoms with Crippen LogP contribution < -0.4 is 10.6 Å². The fourth-order valence-electron chi connectivity index (χ4n) is 1.82. The second kappa shape index (κ2) is 3.89. The van der Waals surface area contributed by atoms with Gasteiger partial charge in [-0.1, -0.05) is 6.07 Å². The van der Waals surface area contributed by atoms with E-state index in [0.29, 0.717) is 11.3 Å². The normalized spacial score (nSPS) is 13.6. The Morgan fingerprint density at radius 3 is 2.71 bits per heavy atom. The summed E-state index contributed by atoms with van der Waals surface area (Å²) in [6.45, 7) is -0.227. The molecule has 0 bridgehead atoms. The van der Waals surface area contributed by atoms with E-state index in [9.17, 15) is 14.4 Å². The first-order valence-corrected chi connectivity index (χ1v) is 4.94. The molecule has 0 fully saturated rings. The molecular formula is C11H10N2O4. The fraction of sp³-hybridized carbons (Fsp3) is 0.182. The lowest BCUT2D eigenvalue weighted by Crippen LogP contribution is -2.35. The molecule has 6 nitrogen and oxygen atoms in total. The summed E-state index contributed by atoms with van der Waals surface area (Å²) in [6, 6.07) is 4.39. The van der Waals surface area contributed by atoms with Gasteiger partial charge in [0.1, 0.15) is 6.54 Å². The van der Waals surface area contributed by atoms with E-state index in [2.05, 4.69) is 0 Å². The summed E-state index contributed by atoms with van der Waals surface area (Å²) in [6.07, 6.45) is 0.169. The van der Waals surface area contributed by atoms with E-state index in [4.69, 9.17) is 10.8 Å². The van der Waals surface area contributed by atoms with Crippen LogP contribution in [0.2, 0.25) is 0 Å². The molecule has 2 rings (SSSR count). The van der Waals surface area contributed by atoms with Gasteiger partial charge >= 0.3 is 5.97 Å². The van der Waals surface area contributed by atoms with E-state index in [1.165, 1.54) is 17.0 Å². The maximum atomic E-state index is 11.6. The van der Waals surface area contributed by atoms with Gasteiger partial charge in [0.2, 0.25) is 11.8 Å². The summed E-state index contributed by atoms with van der Waals surface area (Å²) in [5.74, 6) is -1.96. The smallest absolute Gasteiger partial charge is 0.335 e. The van der Waals surface area contributed by atoms with Gasteiger partial charge < -0.3 is 15.7 Å². The molecule has 1 aromatic carbocycles. The molecule has 0 saturated carbocycles. The molecule has 0 atom stereocenters. The molecular weight excluding hydrogens is 224 g/mol. The predicted octanol–water partition coefficient (Wildman–Crippen LogP) is -0.241. The summed E-state index contributed by atoms with van der Waals surface area (Å²) in [7, 11) is 0. The molecule has 0 aliphatic carbocycles. The summed E-state index contributed by atoms with van der Waals surface area (Å²) in [4.78, 5) is 34.5. The van der Waals surface area contributed by atoms with E-state index in [1.54, 1.807) is 6.07 Å². The van der Waals surface area contributed by atoms with E-state index >= 15 is 0 Å². The molecule has 6 heteroatoms. The quantitative estimate of drug-likeness (QED) is 0.753. The molecule has 3 N–H and O–H groups in total. The summed E-state index contributed by atoms with van der Waals surface area (Å²) in [5, 5.41) is 8.86. The fourth-order valence-corrected chi connectivity index (χ4v) is 1.82. The minimum Gasteiger partial charge on any atom is -0.478 e. The SMILES string of the molecule is NC(=O)CN1C(=O)Cc2ccc(C(=O)O)cc21. The van der Waals surface area contributed by atoms with Gasteiger partial charge in [0.15, 0.2) is 0 Å². The second-order valence-electron chi connectivity index (χ2n) is 3.77. The number of aromatic carboxylic acids is 1. The molecule has 1 heterocycles. The second-order valence-corrected chi connectivity index (χ2v) is 3.77. The third-order valence-electron chi connectivity index (χ3n) is 2.58. The van der Waals surface area contributed by atoms with Crippen LogP contribution >= 0.6 is 0 Å². The van der Waals surface area contributed by atoms with Crippen molar-refractivity contribution in [2.45, 2.75) is 6.42 Å². The zero-order valence-corrected chi connectivity index (χ0v) is 8.84. The largest absolute Gasteiger partial charge is 0.478 e. The number of rotatable bonds is 3. The minimum absolute atomic E-state index is 0.0768. The van der Waals surface area contributed by atoms with Gasteiger partial charge in [-0.25, -0.2) is 4.79 Å². The highest BCUT2D eigenvalue weighted by atomic mass is 16.4. The lowest BCUT2D eigenvalue weighted by Gasteiger charge is -2.15. The van der Waals surface area contributed by atoms with Crippen molar-refractivity contribution in [3.05, 3.63) is 29.3 Å². The number of fused-ring (bicyclic) bond motifs is 1. The molecule has 0 radical (unpaired) electrons. The van der Waals surface area contributed by atoms with E-state index < -0.39 is 11.9 Å². The zero-order chi connectivity index (χ0) is 12.6. The van der Waals surface area contributed by atoms with Crippen molar-refractivity contribution < 1.29 is 19.5 Å². The highest BCUT2D eigenvalue weighted by Crippen LogP contribution is 2.29. The number of carboxylic acids is 1. The van der Waals surface area contributed by atoms with Crippen LogP contribution in [-0.4, -0.2) is 29.4 Å². The maximum absolute atomic E-state index is 11.6. The molecule has 2 amide bonds. The Morgan fingerprint density at radius 1 is 1.41 bits per heavy atom. The predicted molar refractivity (Wildman–Crippen MR) is 58.7 cm³/mol. The number of nitrogens with two attached hydrogens (primary N) is 1. The van der Waals surface area contributed by atoms with Crippen molar-refractivity contribution in [3.63, 3.8) is 0 Å². The maximum Gasteiger partial charge on any atom is 0.335 e. The van der Waals surface area contributed by atoms with Gasteiger partial charge in [0.25, 0.3) is 0 Å². The van der Waals surface area contributed by atoms with Gasteiger partial charge in [-0.3, -0.25) is 9.59 Å². The number of hydrogen-bond donors (Lipinski definition) is 2. The first-order chi connectivity index (χ1) is 7.99. The molecule has 1 aromatic rings. The monoisotopic (exact) mass is 234 g/mol. The number of nitrogens with zero attached hydrogens (tertiary/aromatic N) is 1. The molecule has 0 saturated heterocycles. The number of primary amides is 1. The Hall–Kier alpha value is -2.37. The van der Waals surface area contributed by atoms with Gasteiger partial charge in [-0.05, 0) is 17.7 Å². The lowest BCUT2D eigenvalue weighted by molar-refractivity contribution is -0.121. The van der Waals surface area contributed by atoms with E-state index in [-0.39, 0.29) is 24.4 Å². The zero-order valence-electron chi connectivity index (χ0n) is 8.84. The highest BCUT2D eigenvalue weighted by molar-refractivity contribution is 6.05. The van der Waals surface area contributed by atoms with Gasteiger partial charge in [-0.15, -0.1) is 0 Å². The first kappa shape index (κ1) is 11.1. The third-order valence-corrected chi connectivity index (χ3v) is 2.58. The van der Waals surface area contributed by atoms with E-state index in [0.717, 1.165) is 0 Å². The Labute approximate surface area is 96.6 Å². The first-order valence-electron chi connectivity index (χ1n) is 4.94. The number of anilines is 1. The topological polar surface area (TPSA) is 101 Å². The molecule has 0 spiro atoms. The van der Waals surface area contributed by atoms with Gasteiger partial charge in [0, 0.05) is 5.69 Å². The van der Waals surface area contributed by atoms with Crippen LogP contribution in [-0.2, 0) is 16.0 Å². The molecule has 17 heavy (non-hydrogen) atoms. The Bertz CT molecular complexity index is 524. The number of carbonyl (C=O) groups is 3. The molecule has 1 aliphatic heterocycles. The molecule has 88 valence electrons.